The van der Waals surface area contributed by atoms with Crippen molar-refractivity contribution in [2.24, 2.45) is 5.41 Å². The Balaban J connectivity index is 1.81. The fourth-order valence-corrected chi connectivity index (χ4v) is 3.08. The molecule has 1 heterocycles. The average Bonchev–Trinajstić information content (AvgIpc) is 2.83. The predicted molar refractivity (Wildman–Crippen MR) is 56.6 cm³/mol. The number of nitriles is 1. The first-order chi connectivity index (χ1) is 7.05. The average molecular weight is 226 g/mol. The third kappa shape index (κ3) is 2.58. The van der Waals surface area contributed by atoms with Crippen molar-refractivity contribution in [1.82, 2.24) is 5.32 Å². The van der Waals surface area contributed by atoms with Gasteiger partial charge in [-0.3, -0.25) is 0 Å². The number of nitrogens with one attached hydrogen (secondary N) is 1. The lowest BCUT2D eigenvalue weighted by atomic mass is 10.0. The first kappa shape index (κ1) is 10.7. The van der Waals surface area contributed by atoms with Crippen LogP contribution in [-0.2, 0) is 9.84 Å². The molecule has 0 saturated heterocycles. The molecular weight excluding hydrogens is 212 g/mol. The van der Waals surface area contributed by atoms with E-state index in [0.29, 0.717) is 6.42 Å². The van der Waals surface area contributed by atoms with Gasteiger partial charge in [0.15, 0.2) is 9.84 Å². The summed E-state index contributed by atoms with van der Waals surface area (Å²) in [6, 6.07) is 2.12. The molecule has 2 rings (SSSR count). The van der Waals surface area contributed by atoms with Crippen molar-refractivity contribution in [3.63, 3.8) is 0 Å². The summed E-state index contributed by atoms with van der Waals surface area (Å²) in [7, 11) is -2.96. The van der Waals surface area contributed by atoms with Crippen LogP contribution in [0, 0.1) is 16.7 Å². The number of hydrogen-bond donors (Lipinski definition) is 1. The number of rotatable bonds is 4. The number of sulfone groups is 1. The smallest absolute Gasteiger partial charge is 0.173 e. The second-order valence-corrected chi connectivity index (χ2v) is 6.41. The van der Waals surface area contributed by atoms with Crippen molar-refractivity contribution in [3.8, 4) is 6.07 Å². The zero-order valence-corrected chi connectivity index (χ0v) is 9.26. The fourth-order valence-electron chi connectivity index (χ4n) is 1.81. The highest BCUT2D eigenvalue weighted by molar-refractivity contribution is 7.94. The fraction of sp³-hybridized carbons (Fsp3) is 0.700. The van der Waals surface area contributed by atoms with E-state index in [-0.39, 0.29) is 17.2 Å². The van der Waals surface area contributed by atoms with Crippen molar-refractivity contribution in [1.29, 1.82) is 5.26 Å². The SMILES string of the molecule is N#CCC1(CNC2C=CS(=O)(=O)C2)CC1. The molecule has 1 unspecified atom stereocenters. The maximum Gasteiger partial charge on any atom is 0.173 e. The van der Waals surface area contributed by atoms with E-state index in [4.69, 9.17) is 5.26 Å². The van der Waals surface area contributed by atoms with Crippen molar-refractivity contribution in [2.75, 3.05) is 12.3 Å². The lowest BCUT2D eigenvalue weighted by molar-refractivity contribution is 0.453. The van der Waals surface area contributed by atoms with Crippen molar-refractivity contribution >= 4 is 9.84 Å². The van der Waals surface area contributed by atoms with Crippen molar-refractivity contribution in [2.45, 2.75) is 25.3 Å². The Morgan fingerprint density at radius 2 is 2.27 bits per heavy atom. The summed E-state index contributed by atoms with van der Waals surface area (Å²) >= 11 is 0. The Morgan fingerprint density at radius 3 is 2.73 bits per heavy atom. The zero-order valence-electron chi connectivity index (χ0n) is 8.44. The molecule has 1 atom stereocenters. The van der Waals surface area contributed by atoms with Crippen LogP contribution in [0.25, 0.3) is 0 Å². The van der Waals surface area contributed by atoms with Gasteiger partial charge < -0.3 is 5.32 Å². The molecule has 82 valence electrons. The van der Waals surface area contributed by atoms with Gasteiger partial charge in [0.2, 0.25) is 0 Å². The second kappa shape index (κ2) is 3.62. The minimum absolute atomic E-state index is 0.0637. The van der Waals surface area contributed by atoms with Gasteiger partial charge in [-0.25, -0.2) is 8.42 Å². The molecule has 2 aliphatic rings. The van der Waals surface area contributed by atoms with E-state index in [9.17, 15) is 8.42 Å². The molecule has 1 fully saturated rings. The van der Waals surface area contributed by atoms with Gasteiger partial charge in [0.05, 0.1) is 11.8 Å². The minimum atomic E-state index is -2.96. The maximum absolute atomic E-state index is 11.1. The van der Waals surface area contributed by atoms with Gasteiger partial charge in [-0.05, 0) is 18.3 Å². The number of hydrogen-bond acceptors (Lipinski definition) is 4. The molecule has 0 aromatic heterocycles. The monoisotopic (exact) mass is 226 g/mol. The molecule has 1 aliphatic heterocycles. The van der Waals surface area contributed by atoms with E-state index in [2.05, 4.69) is 11.4 Å². The number of nitrogens with zero attached hydrogens (tertiary/aromatic N) is 1. The van der Waals surface area contributed by atoms with Gasteiger partial charge in [0.1, 0.15) is 0 Å². The zero-order chi connectivity index (χ0) is 10.9. The predicted octanol–water partition coefficient (Wildman–Crippen LogP) is 0.581. The van der Waals surface area contributed by atoms with E-state index >= 15 is 0 Å². The van der Waals surface area contributed by atoms with Crippen molar-refractivity contribution < 1.29 is 8.42 Å². The quantitative estimate of drug-likeness (QED) is 0.761. The highest BCUT2D eigenvalue weighted by Gasteiger charge is 2.42. The van der Waals surface area contributed by atoms with Crippen LogP contribution in [0.2, 0.25) is 0 Å². The van der Waals surface area contributed by atoms with Crippen molar-refractivity contribution in [3.05, 3.63) is 11.5 Å². The molecule has 4 nitrogen and oxygen atoms in total. The third-order valence-electron chi connectivity index (χ3n) is 3.08. The summed E-state index contributed by atoms with van der Waals surface area (Å²) in [6.07, 6.45) is 4.43. The van der Waals surface area contributed by atoms with Crippen LogP contribution in [0.4, 0.5) is 0 Å². The van der Waals surface area contributed by atoms with E-state index in [1.54, 1.807) is 6.08 Å². The van der Waals surface area contributed by atoms with Crippen LogP contribution in [0.15, 0.2) is 11.5 Å². The summed E-state index contributed by atoms with van der Waals surface area (Å²) < 4.78 is 22.3. The van der Waals surface area contributed by atoms with Gasteiger partial charge in [-0.2, -0.15) is 5.26 Å². The molecule has 0 amide bonds. The largest absolute Gasteiger partial charge is 0.309 e. The Morgan fingerprint density at radius 1 is 1.53 bits per heavy atom. The Bertz CT molecular complexity index is 415. The summed E-state index contributed by atoms with van der Waals surface area (Å²) in [5.74, 6) is 0.162. The molecule has 0 bridgehead atoms. The first-order valence-corrected chi connectivity index (χ1v) is 6.78. The lowest BCUT2D eigenvalue weighted by Gasteiger charge is -2.15. The Kier molecular flexibility index (Phi) is 2.57. The van der Waals surface area contributed by atoms with Gasteiger partial charge in [0.25, 0.3) is 0 Å². The molecule has 0 spiro atoms. The van der Waals surface area contributed by atoms with Crippen LogP contribution in [-0.4, -0.2) is 26.8 Å². The standard InChI is InChI=1S/C10H14N2O2S/c11-5-4-10(2-3-10)8-12-9-1-6-15(13,14)7-9/h1,6,9,12H,2-4,7-8H2. The van der Waals surface area contributed by atoms with Gasteiger partial charge in [-0.15, -0.1) is 0 Å². The van der Waals surface area contributed by atoms with E-state index in [1.165, 1.54) is 5.41 Å². The second-order valence-electron chi connectivity index (χ2n) is 4.48. The minimum Gasteiger partial charge on any atom is -0.309 e. The van der Waals surface area contributed by atoms with Crippen LogP contribution < -0.4 is 5.32 Å². The van der Waals surface area contributed by atoms with Crippen LogP contribution in [0.5, 0.6) is 0 Å². The lowest BCUT2D eigenvalue weighted by Crippen LogP contribution is -2.34. The van der Waals surface area contributed by atoms with E-state index < -0.39 is 9.84 Å². The molecule has 0 radical (unpaired) electrons. The summed E-state index contributed by atoms with van der Waals surface area (Å²) in [6.45, 7) is 0.755. The highest BCUT2D eigenvalue weighted by Crippen LogP contribution is 2.47. The van der Waals surface area contributed by atoms with Gasteiger partial charge in [-0.1, -0.05) is 6.08 Å². The topological polar surface area (TPSA) is 70.0 Å². The molecule has 15 heavy (non-hydrogen) atoms. The first-order valence-electron chi connectivity index (χ1n) is 5.07. The third-order valence-corrected chi connectivity index (χ3v) is 4.48. The van der Waals surface area contributed by atoms with Gasteiger partial charge >= 0.3 is 0 Å². The molecule has 5 heteroatoms. The molecule has 1 N–H and O–H groups in total. The van der Waals surface area contributed by atoms with Crippen LogP contribution >= 0.6 is 0 Å². The van der Waals surface area contributed by atoms with E-state index in [1.807, 2.05) is 0 Å². The summed E-state index contributed by atoms with van der Waals surface area (Å²) in [5.41, 5.74) is 0.134. The normalized spacial score (nSPS) is 29.9. The highest BCUT2D eigenvalue weighted by atomic mass is 32.2. The molecule has 1 saturated carbocycles. The van der Waals surface area contributed by atoms with E-state index in [0.717, 1.165) is 19.4 Å². The molecule has 1 aliphatic carbocycles. The van der Waals surface area contributed by atoms with Crippen LogP contribution in [0.3, 0.4) is 0 Å². The maximum atomic E-state index is 11.1. The molecule has 0 aromatic rings. The van der Waals surface area contributed by atoms with Crippen LogP contribution in [0.1, 0.15) is 19.3 Å². The van der Waals surface area contributed by atoms with Gasteiger partial charge in [0, 0.05) is 24.4 Å². The Hall–Kier alpha value is -0.860. The summed E-state index contributed by atoms with van der Waals surface area (Å²) in [4.78, 5) is 0. The molecular formula is C10H14N2O2S. The molecule has 0 aromatic carbocycles. The summed E-state index contributed by atoms with van der Waals surface area (Å²) in [5, 5.41) is 13.1. The Labute approximate surface area is 89.9 Å².